The highest BCUT2D eigenvalue weighted by Crippen LogP contribution is 2.05. The van der Waals surface area contributed by atoms with Gasteiger partial charge in [-0.2, -0.15) is 0 Å². The fraction of sp³-hybridized carbons (Fsp3) is 0.118. The molecule has 0 saturated carbocycles. The Morgan fingerprint density at radius 2 is 1.29 bits per heavy atom. The number of hydrogen-bond acceptors (Lipinski definition) is 1. The predicted molar refractivity (Wildman–Crippen MR) is 96.4 cm³/mol. The van der Waals surface area contributed by atoms with Crippen LogP contribution >= 0.6 is 24.8 Å². The maximum absolute atomic E-state index is 4.06. The fourth-order valence-corrected chi connectivity index (χ4v) is 1.67. The van der Waals surface area contributed by atoms with Gasteiger partial charge in [-0.15, -0.1) is 24.8 Å². The van der Waals surface area contributed by atoms with Gasteiger partial charge in [-0.05, 0) is 25.0 Å². The van der Waals surface area contributed by atoms with Crippen molar-refractivity contribution in [3.05, 3.63) is 79.2 Å². The molecule has 1 aromatic carbocycles. The molecule has 4 rings (SSSR count). The largest absolute Gasteiger partial charge is 0.345 e. The van der Waals surface area contributed by atoms with Gasteiger partial charge in [0, 0.05) is 0 Å². The second-order valence-electron chi connectivity index (χ2n) is 4.10. The Labute approximate surface area is 138 Å². The molecular formula is C17H20Cl2N2. The summed E-state index contributed by atoms with van der Waals surface area (Å²) in [6.45, 7) is 0. The van der Waals surface area contributed by atoms with E-state index in [9.17, 15) is 0 Å². The molecule has 0 saturated heterocycles. The molecule has 2 nitrogen and oxygen atoms in total. The molecule has 0 atom stereocenters. The van der Waals surface area contributed by atoms with Crippen LogP contribution in [-0.4, -0.2) is 9.97 Å². The van der Waals surface area contributed by atoms with Gasteiger partial charge < -0.3 is 4.98 Å². The first-order valence-electron chi connectivity index (χ1n) is 6.48. The highest BCUT2D eigenvalue weighted by Gasteiger charge is 1.88. The van der Waals surface area contributed by atoms with Crippen LogP contribution in [-0.2, 0) is 0 Å². The van der Waals surface area contributed by atoms with Crippen LogP contribution in [0.5, 0.6) is 0 Å². The Bertz CT molecular complexity index is 538. The van der Waals surface area contributed by atoms with E-state index >= 15 is 0 Å². The summed E-state index contributed by atoms with van der Waals surface area (Å²) in [6.07, 6.45) is 20.7. The standard InChI is InChI=1S/C7H6N2.2C5H6.2ClH/c1-2-4-7-6(3-1)8-5-9-7;2*1-2-4-5-3-1;;/h1-5H,(H,8,9);2*1-4H,5H2;2*1H. The van der Waals surface area contributed by atoms with E-state index in [2.05, 4.69) is 58.6 Å². The molecular weight excluding hydrogens is 303 g/mol. The average molecular weight is 323 g/mol. The van der Waals surface area contributed by atoms with Crippen LogP contribution < -0.4 is 0 Å². The lowest BCUT2D eigenvalue weighted by molar-refractivity contribution is 1.34. The normalized spacial score (nSPS) is 12.8. The summed E-state index contributed by atoms with van der Waals surface area (Å²) in [5.41, 5.74) is 2.12. The Hall–Kier alpha value is -1.77. The fourth-order valence-electron chi connectivity index (χ4n) is 1.67. The third kappa shape index (κ3) is 7.54. The molecule has 0 amide bonds. The summed E-state index contributed by atoms with van der Waals surface area (Å²) >= 11 is 0. The van der Waals surface area contributed by atoms with Crippen molar-refractivity contribution < 1.29 is 0 Å². The number of benzene rings is 1. The number of halogens is 2. The van der Waals surface area contributed by atoms with Crippen molar-refractivity contribution in [3.8, 4) is 0 Å². The van der Waals surface area contributed by atoms with E-state index in [0.717, 1.165) is 23.9 Å². The minimum Gasteiger partial charge on any atom is -0.345 e. The number of nitrogens with one attached hydrogen (secondary N) is 1. The van der Waals surface area contributed by atoms with E-state index < -0.39 is 0 Å². The summed E-state index contributed by atoms with van der Waals surface area (Å²) in [4.78, 5) is 7.07. The molecule has 0 fully saturated rings. The van der Waals surface area contributed by atoms with Crippen LogP contribution in [0.3, 0.4) is 0 Å². The SMILES string of the molecule is C1=CCC=C1.C1=CCC=C1.Cl.Cl.c1ccc2[nH]cnc2c1. The molecule has 0 spiro atoms. The predicted octanol–water partition coefficient (Wildman–Crippen LogP) is 5.41. The number of allylic oxidation sites excluding steroid dienone is 8. The summed E-state index contributed by atoms with van der Waals surface area (Å²) in [5, 5.41) is 0. The van der Waals surface area contributed by atoms with Gasteiger partial charge in [0.25, 0.3) is 0 Å². The van der Waals surface area contributed by atoms with Gasteiger partial charge in [0.1, 0.15) is 0 Å². The number of hydrogen-bond donors (Lipinski definition) is 1. The quantitative estimate of drug-likeness (QED) is 0.690. The number of aromatic nitrogens is 2. The van der Waals surface area contributed by atoms with Gasteiger partial charge in [-0.3, -0.25) is 0 Å². The molecule has 1 aromatic heterocycles. The number of rotatable bonds is 0. The molecule has 0 radical (unpaired) electrons. The van der Waals surface area contributed by atoms with Crippen molar-refractivity contribution in [2.75, 3.05) is 0 Å². The van der Waals surface area contributed by atoms with Crippen LogP contribution in [0.25, 0.3) is 11.0 Å². The van der Waals surface area contributed by atoms with Crippen molar-refractivity contribution in [2.45, 2.75) is 12.8 Å². The minimum absolute atomic E-state index is 0. The third-order valence-electron chi connectivity index (χ3n) is 2.64. The summed E-state index contributed by atoms with van der Waals surface area (Å²) in [5.74, 6) is 0. The monoisotopic (exact) mass is 322 g/mol. The number of fused-ring (bicyclic) bond motifs is 1. The first-order valence-corrected chi connectivity index (χ1v) is 6.48. The first-order chi connectivity index (χ1) is 9.47. The van der Waals surface area contributed by atoms with E-state index in [1.54, 1.807) is 6.33 Å². The second-order valence-corrected chi connectivity index (χ2v) is 4.10. The van der Waals surface area contributed by atoms with Crippen LogP contribution in [0, 0.1) is 0 Å². The van der Waals surface area contributed by atoms with E-state index in [-0.39, 0.29) is 24.8 Å². The smallest absolute Gasteiger partial charge is 0.0931 e. The topological polar surface area (TPSA) is 28.7 Å². The lowest BCUT2D eigenvalue weighted by Gasteiger charge is -1.81. The van der Waals surface area contributed by atoms with E-state index in [0.29, 0.717) is 0 Å². The molecule has 2 aliphatic carbocycles. The third-order valence-corrected chi connectivity index (χ3v) is 2.64. The minimum atomic E-state index is 0. The van der Waals surface area contributed by atoms with Crippen molar-refractivity contribution >= 4 is 35.8 Å². The maximum Gasteiger partial charge on any atom is 0.0931 e. The van der Waals surface area contributed by atoms with Gasteiger partial charge in [0.15, 0.2) is 0 Å². The van der Waals surface area contributed by atoms with Crippen LogP contribution in [0.2, 0.25) is 0 Å². The van der Waals surface area contributed by atoms with Crippen molar-refractivity contribution in [1.82, 2.24) is 9.97 Å². The number of para-hydroxylation sites is 2. The zero-order chi connectivity index (χ0) is 13.2. The zero-order valence-corrected chi connectivity index (χ0v) is 13.3. The summed E-state index contributed by atoms with van der Waals surface area (Å²) < 4.78 is 0. The number of imidazole rings is 1. The lowest BCUT2D eigenvalue weighted by atomic mass is 10.3. The highest BCUT2D eigenvalue weighted by molar-refractivity contribution is 5.85. The molecule has 0 unspecified atom stereocenters. The van der Waals surface area contributed by atoms with Gasteiger partial charge in [-0.25, -0.2) is 4.98 Å². The van der Waals surface area contributed by atoms with Crippen molar-refractivity contribution in [2.24, 2.45) is 0 Å². The van der Waals surface area contributed by atoms with Crippen LogP contribution in [0.15, 0.2) is 79.2 Å². The Morgan fingerprint density at radius 1 is 0.762 bits per heavy atom. The van der Waals surface area contributed by atoms with Crippen molar-refractivity contribution in [3.63, 3.8) is 0 Å². The van der Waals surface area contributed by atoms with Gasteiger partial charge in [0.2, 0.25) is 0 Å². The summed E-state index contributed by atoms with van der Waals surface area (Å²) in [7, 11) is 0. The second kappa shape index (κ2) is 12.0. The van der Waals surface area contributed by atoms with Crippen LogP contribution in [0.1, 0.15) is 12.8 Å². The Balaban J connectivity index is 0.000000292. The maximum atomic E-state index is 4.06. The van der Waals surface area contributed by atoms with E-state index in [1.165, 1.54) is 0 Å². The molecule has 1 N–H and O–H groups in total. The summed E-state index contributed by atoms with van der Waals surface area (Å²) in [6, 6.07) is 7.94. The Morgan fingerprint density at radius 3 is 1.71 bits per heavy atom. The Kier molecular flexibility index (Phi) is 11.0. The molecule has 2 aromatic rings. The molecule has 2 aliphatic rings. The van der Waals surface area contributed by atoms with Gasteiger partial charge in [-0.1, -0.05) is 60.7 Å². The molecule has 21 heavy (non-hydrogen) atoms. The first kappa shape index (κ1) is 19.2. The average Bonchev–Trinajstić information content (AvgIpc) is 3.22. The molecule has 112 valence electrons. The molecule has 1 heterocycles. The number of nitrogens with zero attached hydrogens (tertiary/aromatic N) is 1. The number of aromatic amines is 1. The number of H-pyrrole nitrogens is 1. The highest BCUT2D eigenvalue weighted by atomic mass is 35.5. The van der Waals surface area contributed by atoms with Gasteiger partial charge in [0.05, 0.1) is 17.4 Å². The van der Waals surface area contributed by atoms with E-state index in [1.807, 2.05) is 24.3 Å². The van der Waals surface area contributed by atoms with E-state index in [4.69, 9.17) is 0 Å². The molecule has 0 bridgehead atoms. The van der Waals surface area contributed by atoms with Gasteiger partial charge >= 0.3 is 0 Å². The van der Waals surface area contributed by atoms with Crippen molar-refractivity contribution in [1.29, 1.82) is 0 Å². The van der Waals surface area contributed by atoms with Crippen LogP contribution in [0.4, 0.5) is 0 Å². The molecule has 0 aliphatic heterocycles. The lowest BCUT2D eigenvalue weighted by Crippen LogP contribution is -1.63. The zero-order valence-electron chi connectivity index (χ0n) is 11.7. The molecule has 4 heteroatoms.